The van der Waals surface area contributed by atoms with Crippen molar-refractivity contribution in [3.05, 3.63) is 91.2 Å². The largest absolute Gasteiger partial charge is 0.449 e. The number of hydrogen-bond acceptors (Lipinski definition) is 7. The predicted octanol–water partition coefficient (Wildman–Crippen LogP) is 5.68. The molecule has 0 bridgehead atoms. The van der Waals surface area contributed by atoms with E-state index in [1.807, 2.05) is 0 Å². The summed E-state index contributed by atoms with van der Waals surface area (Å²) in [5.41, 5.74) is -0.811. The van der Waals surface area contributed by atoms with Crippen molar-refractivity contribution in [2.75, 3.05) is 10.0 Å². The summed E-state index contributed by atoms with van der Waals surface area (Å²) in [6.45, 7) is 1.20. The Kier molecular flexibility index (Phi) is 8.59. The topological polar surface area (TPSA) is 145 Å². The molecule has 0 unspecified atom stereocenters. The Morgan fingerprint density at radius 3 is 2.27 bits per heavy atom. The summed E-state index contributed by atoms with van der Waals surface area (Å²) in [5, 5.41) is 12.7. The highest BCUT2D eigenvalue weighted by molar-refractivity contribution is 7.92. The Morgan fingerprint density at radius 1 is 1.00 bits per heavy atom. The molecule has 1 atom stereocenters. The van der Waals surface area contributed by atoms with Gasteiger partial charge in [-0.25, -0.2) is 17.6 Å². The molecule has 3 aromatic carbocycles. The second-order valence-corrected chi connectivity index (χ2v) is 10.2. The molecule has 194 valence electrons. The number of halogens is 4. The fourth-order valence-corrected chi connectivity index (χ4v) is 4.93. The van der Waals surface area contributed by atoms with E-state index in [1.54, 1.807) is 0 Å². The molecule has 1 amide bonds. The molecule has 0 fully saturated rings. The molecule has 0 aliphatic rings. The maximum Gasteiger partial charge on any atom is 0.340 e. The van der Waals surface area contributed by atoms with Crippen LogP contribution in [0.4, 0.5) is 21.5 Å². The van der Waals surface area contributed by atoms with E-state index in [-0.39, 0.29) is 32.1 Å². The van der Waals surface area contributed by atoms with E-state index in [2.05, 4.69) is 10.0 Å². The van der Waals surface area contributed by atoms with Crippen LogP contribution in [0, 0.1) is 15.9 Å². The fraction of sp³-hybridized carbons (Fsp3) is 0.0909. The Bertz CT molecular complexity index is 1500. The number of anilines is 2. The van der Waals surface area contributed by atoms with Crippen molar-refractivity contribution in [2.24, 2.45) is 0 Å². The molecule has 0 aliphatic carbocycles. The normalized spacial score (nSPS) is 11.9. The van der Waals surface area contributed by atoms with Crippen LogP contribution in [0.1, 0.15) is 17.3 Å². The van der Waals surface area contributed by atoms with Gasteiger partial charge >= 0.3 is 5.97 Å². The van der Waals surface area contributed by atoms with Gasteiger partial charge in [0.05, 0.1) is 31.2 Å². The third-order valence-electron chi connectivity index (χ3n) is 4.70. The minimum Gasteiger partial charge on any atom is -0.449 e. The molecule has 10 nitrogen and oxygen atoms in total. The SMILES string of the molecule is C[C@H](OC(=O)c1cc(S(=O)(=O)Nc2ccc(F)cc2)c(Cl)cc1Cl)C(=O)Nc1cc([N+](=O)[O-])ccc1Cl. The molecule has 3 rings (SSSR count). The molecule has 0 spiro atoms. The fourth-order valence-electron chi connectivity index (χ4n) is 2.85. The van der Waals surface area contributed by atoms with Gasteiger partial charge in [0.2, 0.25) is 0 Å². The van der Waals surface area contributed by atoms with E-state index < -0.39 is 49.2 Å². The number of nitrogens with zero attached hydrogens (tertiary/aromatic N) is 1. The maximum atomic E-state index is 13.1. The lowest BCUT2D eigenvalue weighted by Gasteiger charge is -2.16. The number of carbonyl (C=O) groups is 2. The van der Waals surface area contributed by atoms with E-state index in [4.69, 9.17) is 39.5 Å². The van der Waals surface area contributed by atoms with Crippen LogP contribution in [0.25, 0.3) is 0 Å². The van der Waals surface area contributed by atoms with Crippen molar-refractivity contribution in [2.45, 2.75) is 17.9 Å². The molecule has 0 radical (unpaired) electrons. The average Bonchev–Trinajstić information content (AvgIpc) is 2.81. The number of carbonyl (C=O) groups excluding carboxylic acids is 2. The summed E-state index contributed by atoms with van der Waals surface area (Å²) in [6.07, 6.45) is -1.45. The molecule has 0 saturated carbocycles. The van der Waals surface area contributed by atoms with Crippen LogP contribution in [0.15, 0.2) is 59.5 Å². The summed E-state index contributed by atoms with van der Waals surface area (Å²) >= 11 is 18.1. The van der Waals surface area contributed by atoms with Gasteiger partial charge in [-0.3, -0.25) is 19.6 Å². The van der Waals surface area contributed by atoms with E-state index in [0.29, 0.717) is 0 Å². The zero-order valence-corrected chi connectivity index (χ0v) is 21.6. The van der Waals surface area contributed by atoms with Gasteiger partial charge in [-0.05, 0) is 49.4 Å². The van der Waals surface area contributed by atoms with Crippen LogP contribution in [-0.2, 0) is 19.6 Å². The Labute approximate surface area is 224 Å². The van der Waals surface area contributed by atoms with E-state index in [1.165, 1.54) is 25.1 Å². The number of ether oxygens (including phenoxy) is 1. The highest BCUT2D eigenvalue weighted by Gasteiger charge is 2.26. The summed E-state index contributed by atoms with van der Waals surface area (Å²) in [5.74, 6) is -2.62. The second kappa shape index (κ2) is 11.3. The van der Waals surface area contributed by atoms with Gasteiger partial charge in [-0.1, -0.05) is 34.8 Å². The predicted molar refractivity (Wildman–Crippen MR) is 135 cm³/mol. The van der Waals surface area contributed by atoms with E-state index in [9.17, 15) is 32.5 Å². The van der Waals surface area contributed by atoms with Gasteiger partial charge in [0.1, 0.15) is 10.7 Å². The van der Waals surface area contributed by atoms with Crippen molar-refractivity contribution in [1.82, 2.24) is 0 Å². The van der Waals surface area contributed by atoms with Gasteiger partial charge in [0.15, 0.2) is 6.10 Å². The second-order valence-electron chi connectivity index (χ2n) is 7.33. The van der Waals surface area contributed by atoms with Crippen molar-refractivity contribution >= 4 is 73.8 Å². The number of hydrogen-bond donors (Lipinski definition) is 2. The zero-order chi connectivity index (χ0) is 27.5. The van der Waals surface area contributed by atoms with Crippen LogP contribution in [0.5, 0.6) is 0 Å². The average molecular weight is 591 g/mol. The van der Waals surface area contributed by atoms with Crippen LogP contribution in [-0.4, -0.2) is 31.3 Å². The van der Waals surface area contributed by atoms with Crippen LogP contribution in [0.3, 0.4) is 0 Å². The molecule has 0 saturated heterocycles. The lowest BCUT2D eigenvalue weighted by atomic mass is 10.2. The lowest BCUT2D eigenvalue weighted by Crippen LogP contribution is -2.30. The number of benzene rings is 3. The first-order valence-electron chi connectivity index (χ1n) is 10.0. The van der Waals surface area contributed by atoms with E-state index >= 15 is 0 Å². The molecule has 2 N–H and O–H groups in total. The summed E-state index contributed by atoms with van der Waals surface area (Å²) in [7, 11) is -4.35. The number of non-ortho nitro benzene ring substituents is 1. The molecule has 3 aromatic rings. The van der Waals surface area contributed by atoms with Crippen molar-refractivity contribution in [3.63, 3.8) is 0 Å². The highest BCUT2D eigenvalue weighted by Crippen LogP contribution is 2.31. The Hall–Kier alpha value is -3.45. The number of nitrogens with one attached hydrogen (secondary N) is 2. The Balaban J connectivity index is 1.80. The van der Waals surface area contributed by atoms with Crippen molar-refractivity contribution in [3.8, 4) is 0 Å². The summed E-state index contributed by atoms with van der Waals surface area (Å²) in [6, 6.07) is 9.68. The standard InChI is InChI=1S/C22H15Cl3FN3O7S/c1-11(21(30)27-19-8-14(29(32)33)6-7-16(19)23)36-22(31)15-9-20(18(25)10-17(15)24)37(34,35)28-13-4-2-12(26)3-5-13/h2-11,28H,1H3,(H,27,30)/t11-/m0/s1. The number of sulfonamides is 1. The van der Waals surface area contributed by atoms with Gasteiger partial charge in [-0.2, -0.15) is 0 Å². The number of nitro groups is 1. The van der Waals surface area contributed by atoms with Crippen LogP contribution >= 0.6 is 34.8 Å². The number of amides is 1. The monoisotopic (exact) mass is 589 g/mol. The highest BCUT2D eigenvalue weighted by atomic mass is 35.5. The molecule has 0 aliphatic heterocycles. The summed E-state index contributed by atoms with van der Waals surface area (Å²) < 4.78 is 46.1. The molecular weight excluding hydrogens is 576 g/mol. The smallest absolute Gasteiger partial charge is 0.340 e. The quantitative estimate of drug-likeness (QED) is 0.195. The van der Waals surface area contributed by atoms with E-state index in [0.717, 1.165) is 36.4 Å². The van der Waals surface area contributed by atoms with Crippen molar-refractivity contribution in [1.29, 1.82) is 0 Å². The molecule has 0 aromatic heterocycles. The summed E-state index contributed by atoms with van der Waals surface area (Å²) in [4.78, 5) is 35.0. The van der Waals surface area contributed by atoms with Crippen LogP contribution < -0.4 is 10.0 Å². The van der Waals surface area contributed by atoms with Gasteiger partial charge in [0.25, 0.3) is 21.6 Å². The van der Waals surface area contributed by atoms with Gasteiger partial charge < -0.3 is 10.1 Å². The van der Waals surface area contributed by atoms with Crippen molar-refractivity contribution < 1.29 is 32.1 Å². The number of rotatable bonds is 8. The molecular formula is C22H15Cl3FN3O7S. The first kappa shape index (κ1) is 28.1. The third-order valence-corrected chi connectivity index (χ3v) is 7.19. The minimum atomic E-state index is -4.35. The molecule has 0 heterocycles. The molecule has 37 heavy (non-hydrogen) atoms. The van der Waals surface area contributed by atoms with Gasteiger partial charge in [0, 0.05) is 17.8 Å². The number of nitro benzene ring substituents is 1. The van der Waals surface area contributed by atoms with Gasteiger partial charge in [-0.15, -0.1) is 0 Å². The first-order chi connectivity index (χ1) is 17.3. The molecule has 15 heteroatoms. The Morgan fingerprint density at radius 2 is 1.65 bits per heavy atom. The maximum absolute atomic E-state index is 13.1. The number of esters is 1. The first-order valence-corrected chi connectivity index (χ1v) is 12.6. The lowest BCUT2D eigenvalue weighted by molar-refractivity contribution is -0.384. The van der Waals surface area contributed by atoms with Crippen LogP contribution in [0.2, 0.25) is 15.1 Å². The zero-order valence-electron chi connectivity index (χ0n) is 18.5. The third kappa shape index (κ3) is 6.86. The minimum absolute atomic E-state index is 0.00160.